The van der Waals surface area contributed by atoms with Gasteiger partial charge in [0, 0.05) is 27.4 Å². The van der Waals surface area contributed by atoms with Gasteiger partial charge in [-0.05, 0) is 43.2 Å². The second kappa shape index (κ2) is 7.39. The quantitative estimate of drug-likeness (QED) is 0.523. The zero-order chi connectivity index (χ0) is 19.7. The number of amides is 1. The summed E-state index contributed by atoms with van der Waals surface area (Å²) in [6.45, 7) is 5.42. The van der Waals surface area contributed by atoms with Gasteiger partial charge in [-0.2, -0.15) is 0 Å². The summed E-state index contributed by atoms with van der Waals surface area (Å²) in [5.74, 6) is 0.483. The highest BCUT2D eigenvalue weighted by atomic mass is 16.5. The molecular weight excluding hydrogens is 348 g/mol. The molecule has 0 aliphatic rings. The maximum atomic E-state index is 12.1. The van der Waals surface area contributed by atoms with Crippen molar-refractivity contribution in [1.29, 1.82) is 0 Å². The maximum Gasteiger partial charge on any atom is 0.249 e. The van der Waals surface area contributed by atoms with Crippen LogP contribution in [0.5, 0.6) is 5.75 Å². The van der Waals surface area contributed by atoms with Crippen molar-refractivity contribution in [2.24, 2.45) is 5.73 Å². The molecule has 0 saturated carbocycles. The maximum absolute atomic E-state index is 12.1. The largest absolute Gasteiger partial charge is 0.494 e. The van der Waals surface area contributed by atoms with Crippen molar-refractivity contribution in [3.05, 3.63) is 77.4 Å². The van der Waals surface area contributed by atoms with Gasteiger partial charge in [0.15, 0.2) is 0 Å². The van der Waals surface area contributed by atoms with Crippen LogP contribution in [0.4, 0.5) is 0 Å². The minimum atomic E-state index is -0.404. The molecule has 4 nitrogen and oxygen atoms in total. The summed E-state index contributed by atoms with van der Waals surface area (Å²) in [6, 6.07) is 20.3. The number of para-hydroxylation sites is 1. The number of aryl methyl sites for hydroxylation is 1. The molecule has 4 heteroatoms. The van der Waals surface area contributed by atoms with Gasteiger partial charge in [-0.15, -0.1) is 0 Å². The summed E-state index contributed by atoms with van der Waals surface area (Å²) in [5, 5.41) is 1.97. The normalized spacial score (nSPS) is 11.2. The molecule has 1 amide bonds. The summed E-state index contributed by atoms with van der Waals surface area (Å²) in [5.41, 5.74) is 10.7. The Bertz CT molecular complexity index is 1170. The van der Waals surface area contributed by atoms with Gasteiger partial charge < -0.3 is 15.0 Å². The van der Waals surface area contributed by atoms with E-state index in [1.807, 2.05) is 31.2 Å². The number of carbonyl (C=O) groups excluding carboxylic acids is 1. The fourth-order valence-electron chi connectivity index (χ4n) is 3.89. The molecule has 0 unspecified atom stereocenters. The van der Waals surface area contributed by atoms with Gasteiger partial charge >= 0.3 is 0 Å². The van der Waals surface area contributed by atoms with Crippen LogP contribution in [-0.4, -0.2) is 17.1 Å². The van der Waals surface area contributed by atoms with Crippen molar-refractivity contribution in [2.45, 2.75) is 26.8 Å². The SMILES string of the molecule is CCOc1ccccc1Cn1c2cc(CC)ccc2c2c(C(N)=O)cccc21. The Balaban J connectivity index is 2.01. The minimum absolute atomic E-state index is 0.404. The van der Waals surface area contributed by atoms with Crippen LogP contribution in [0.2, 0.25) is 0 Å². The molecule has 0 spiro atoms. The fourth-order valence-corrected chi connectivity index (χ4v) is 3.89. The molecule has 28 heavy (non-hydrogen) atoms. The van der Waals surface area contributed by atoms with Crippen molar-refractivity contribution in [3.8, 4) is 5.75 Å². The van der Waals surface area contributed by atoms with Gasteiger partial charge in [-0.3, -0.25) is 4.79 Å². The van der Waals surface area contributed by atoms with E-state index in [4.69, 9.17) is 10.5 Å². The third-order valence-electron chi connectivity index (χ3n) is 5.23. The molecule has 0 aliphatic carbocycles. The lowest BCUT2D eigenvalue weighted by Gasteiger charge is -2.13. The van der Waals surface area contributed by atoms with Crippen LogP contribution in [0.25, 0.3) is 21.8 Å². The zero-order valence-corrected chi connectivity index (χ0v) is 16.2. The number of nitrogens with zero attached hydrogens (tertiary/aromatic N) is 1. The monoisotopic (exact) mass is 372 g/mol. The van der Waals surface area contributed by atoms with Crippen molar-refractivity contribution in [1.82, 2.24) is 4.57 Å². The van der Waals surface area contributed by atoms with Gasteiger partial charge in [0.1, 0.15) is 5.75 Å². The number of benzene rings is 3. The first-order chi connectivity index (χ1) is 13.6. The number of nitrogens with two attached hydrogens (primary N) is 1. The Morgan fingerprint density at radius 3 is 2.57 bits per heavy atom. The first-order valence-electron chi connectivity index (χ1n) is 9.68. The molecule has 2 N–H and O–H groups in total. The Kier molecular flexibility index (Phi) is 4.78. The number of aromatic nitrogens is 1. The Hall–Kier alpha value is -3.27. The molecular formula is C24H24N2O2. The molecule has 1 aromatic heterocycles. The van der Waals surface area contributed by atoms with Gasteiger partial charge in [0.25, 0.3) is 0 Å². The molecule has 0 bridgehead atoms. The number of fused-ring (bicyclic) bond motifs is 3. The van der Waals surface area contributed by atoms with E-state index in [-0.39, 0.29) is 0 Å². The lowest BCUT2D eigenvalue weighted by molar-refractivity contribution is 0.100. The van der Waals surface area contributed by atoms with E-state index in [2.05, 4.69) is 41.8 Å². The van der Waals surface area contributed by atoms with Crippen LogP contribution in [0.3, 0.4) is 0 Å². The lowest BCUT2D eigenvalue weighted by Crippen LogP contribution is -2.11. The highest BCUT2D eigenvalue weighted by Gasteiger charge is 2.17. The van der Waals surface area contributed by atoms with Crippen LogP contribution >= 0.6 is 0 Å². The average molecular weight is 372 g/mol. The number of primary amides is 1. The Morgan fingerprint density at radius 2 is 1.82 bits per heavy atom. The number of rotatable bonds is 6. The smallest absolute Gasteiger partial charge is 0.249 e. The van der Waals surface area contributed by atoms with Crippen molar-refractivity contribution < 1.29 is 9.53 Å². The predicted molar refractivity (Wildman–Crippen MR) is 114 cm³/mol. The molecule has 0 atom stereocenters. The third-order valence-corrected chi connectivity index (χ3v) is 5.23. The number of ether oxygens (including phenoxy) is 1. The van der Waals surface area contributed by atoms with Gasteiger partial charge in [0.05, 0.1) is 18.7 Å². The molecule has 0 aliphatic heterocycles. The third kappa shape index (κ3) is 3.01. The molecule has 3 aromatic carbocycles. The standard InChI is InChI=1S/C24H24N2O2/c1-3-16-12-13-18-21(14-16)26(15-17-8-5-6-11-22(17)28-4-2)20-10-7-9-19(23(18)20)24(25)27/h5-14H,3-4,15H2,1-2H3,(H2,25,27). The van der Waals surface area contributed by atoms with E-state index in [0.717, 1.165) is 39.5 Å². The predicted octanol–water partition coefficient (Wildman–Crippen LogP) is 4.90. The van der Waals surface area contributed by atoms with E-state index in [0.29, 0.717) is 18.7 Å². The summed E-state index contributed by atoms with van der Waals surface area (Å²) in [7, 11) is 0. The minimum Gasteiger partial charge on any atom is -0.494 e. The summed E-state index contributed by atoms with van der Waals surface area (Å²) in [4.78, 5) is 12.1. The Labute approximate surface area is 164 Å². The lowest BCUT2D eigenvalue weighted by atomic mass is 10.0. The van der Waals surface area contributed by atoms with E-state index in [1.165, 1.54) is 5.56 Å². The van der Waals surface area contributed by atoms with Crippen LogP contribution < -0.4 is 10.5 Å². The van der Waals surface area contributed by atoms with E-state index in [9.17, 15) is 4.79 Å². The molecule has 0 saturated heterocycles. The Morgan fingerprint density at radius 1 is 1.00 bits per heavy atom. The van der Waals surface area contributed by atoms with Crippen molar-refractivity contribution in [3.63, 3.8) is 0 Å². The van der Waals surface area contributed by atoms with Crippen molar-refractivity contribution in [2.75, 3.05) is 6.61 Å². The second-order valence-electron chi connectivity index (χ2n) is 6.90. The molecule has 4 rings (SSSR count). The van der Waals surface area contributed by atoms with Crippen LogP contribution in [0, 0.1) is 0 Å². The topological polar surface area (TPSA) is 57.2 Å². The second-order valence-corrected chi connectivity index (χ2v) is 6.90. The number of hydrogen-bond donors (Lipinski definition) is 1. The first kappa shape index (κ1) is 18.1. The van der Waals surface area contributed by atoms with Gasteiger partial charge in [0.2, 0.25) is 5.91 Å². The highest BCUT2D eigenvalue weighted by molar-refractivity contribution is 6.18. The molecule has 4 aromatic rings. The number of hydrogen-bond acceptors (Lipinski definition) is 2. The molecule has 142 valence electrons. The van der Waals surface area contributed by atoms with Crippen LogP contribution in [0.15, 0.2) is 60.7 Å². The van der Waals surface area contributed by atoms with Crippen LogP contribution in [0.1, 0.15) is 35.3 Å². The fraction of sp³-hybridized carbons (Fsp3) is 0.208. The van der Waals surface area contributed by atoms with E-state index >= 15 is 0 Å². The molecule has 0 radical (unpaired) electrons. The van der Waals surface area contributed by atoms with Crippen LogP contribution in [-0.2, 0) is 13.0 Å². The highest BCUT2D eigenvalue weighted by Crippen LogP contribution is 2.34. The molecule has 1 heterocycles. The number of carbonyl (C=O) groups is 1. The average Bonchev–Trinajstić information content (AvgIpc) is 3.02. The van der Waals surface area contributed by atoms with E-state index < -0.39 is 5.91 Å². The van der Waals surface area contributed by atoms with Gasteiger partial charge in [-0.1, -0.05) is 43.3 Å². The summed E-state index contributed by atoms with van der Waals surface area (Å²) < 4.78 is 8.09. The van der Waals surface area contributed by atoms with Gasteiger partial charge in [-0.25, -0.2) is 0 Å². The van der Waals surface area contributed by atoms with Crippen molar-refractivity contribution >= 4 is 27.7 Å². The zero-order valence-electron chi connectivity index (χ0n) is 16.2. The summed E-state index contributed by atoms with van der Waals surface area (Å²) in [6.07, 6.45) is 0.954. The molecule has 0 fully saturated rings. The summed E-state index contributed by atoms with van der Waals surface area (Å²) >= 11 is 0. The van der Waals surface area contributed by atoms with E-state index in [1.54, 1.807) is 6.07 Å². The first-order valence-corrected chi connectivity index (χ1v) is 9.68.